The van der Waals surface area contributed by atoms with Crippen LogP contribution >= 0.6 is 15.9 Å². The van der Waals surface area contributed by atoms with Gasteiger partial charge in [0, 0.05) is 21.8 Å². The Morgan fingerprint density at radius 1 is 1.24 bits per heavy atom. The fourth-order valence-corrected chi connectivity index (χ4v) is 3.36. The van der Waals surface area contributed by atoms with E-state index in [0.717, 1.165) is 10.0 Å². The van der Waals surface area contributed by atoms with Crippen molar-refractivity contribution in [3.8, 4) is 5.75 Å². The first kappa shape index (κ1) is 19.2. The lowest BCUT2D eigenvalue weighted by molar-refractivity contribution is -0.111. The first-order valence-corrected chi connectivity index (χ1v) is 9.50. The molecular weight excluding hydrogens is 408 g/mol. The van der Waals surface area contributed by atoms with Crippen molar-refractivity contribution < 1.29 is 17.9 Å². The van der Waals surface area contributed by atoms with Crippen LogP contribution in [0.4, 0.5) is 5.69 Å². The highest BCUT2D eigenvalue weighted by molar-refractivity contribution is 9.10. The molecule has 3 N–H and O–H groups in total. The SMILES string of the molecule is COc1ccc(Br)cc1/C=C/C(=O)Nc1ccc(C)c(S(N)(=O)=O)c1. The number of halogens is 1. The molecule has 0 aliphatic heterocycles. The van der Waals surface area contributed by atoms with Crippen LogP contribution in [0.2, 0.25) is 0 Å². The van der Waals surface area contributed by atoms with E-state index in [2.05, 4.69) is 21.2 Å². The van der Waals surface area contributed by atoms with Crippen molar-refractivity contribution in [3.05, 3.63) is 58.1 Å². The number of nitrogens with one attached hydrogen (secondary N) is 1. The zero-order valence-corrected chi connectivity index (χ0v) is 16.0. The Labute approximate surface area is 154 Å². The summed E-state index contributed by atoms with van der Waals surface area (Å²) < 4.78 is 29.2. The molecule has 1 amide bonds. The van der Waals surface area contributed by atoms with Crippen LogP contribution in [0, 0.1) is 6.92 Å². The highest BCUT2D eigenvalue weighted by Crippen LogP contribution is 2.24. The fourth-order valence-electron chi connectivity index (χ4n) is 2.17. The van der Waals surface area contributed by atoms with Gasteiger partial charge in [-0.25, -0.2) is 13.6 Å². The summed E-state index contributed by atoms with van der Waals surface area (Å²) in [7, 11) is -2.31. The van der Waals surface area contributed by atoms with Gasteiger partial charge in [-0.15, -0.1) is 0 Å². The molecule has 2 aromatic carbocycles. The van der Waals surface area contributed by atoms with Crippen LogP contribution in [-0.2, 0) is 14.8 Å². The number of amides is 1. The highest BCUT2D eigenvalue weighted by Gasteiger charge is 2.12. The zero-order chi connectivity index (χ0) is 18.6. The quantitative estimate of drug-likeness (QED) is 0.720. The molecule has 6 nitrogen and oxygen atoms in total. The summed E-state index contributed by atoms with van der Waals surface area (Å²) in [6.07, 6.45) is 2.94. The van der Waals surface area contributed by atoms with E-state index in [1.54, 1.807) is 38.3 Å². The van der Waals surface area contributed by atoms with E-state index in [1.165, 1.54) is 12.1 Å². The van der Waals surface area contributed by atoms with Gasteiger partial charge in [0.15, 0.2) is 0 Å². The number of hydrogen-bond donors (Lipinski definition) is 2. The third-order valence-corrected chi connectivity index (χ3v) is 4.91. The van der Waals surface area contributed by atoms with Crippen molar-refractivity contribution in [2.45, 2.75) is 11.8 Å². The minimum atomic E-state index is -3.85. The average Bonchev–Trinajstić information content (AvgIpc) is 2.54. The number of carbonyl (C=O) groups excluding carboxylic acids is 1. The van der Waals surface area contributed by atoms with Crippen molar-refractivity contribution in [1.29, 1.82) is 0 Å². The number of benzene rings is 2. The van der Waals surface area contributed by atoms with Gasteiger partial charge in [-0.1, -0.05) is 22.0 Å². The number of methoxy groups -OCH3 is 1. The van der Waals surface area contributed by atoms with Gasteiger partial charge in [0.05, 0.1) is 12.0 Å². The van der Waals surface area contributed by atoms with E-state index in [0.29, 0.717) is 17.0 Å². The molecule has 0 aliphatic carbocycles. The lowest BCUT2D eigenvalue weighted by Gasteiger charge is -2.08. The van der Waals surface area contributed by atoms with E-state index in [-0.39, 0.29) is 4.90 Å². The second-order valence-electron chi connectivity index (χ2n) is 5.23. The molecule has 0 atom stereocenters. The molecule has 8 heteroatoms. The summed E-state index contributed by atoms with van der Waals surface area (Å²) in [6, 6.07) is 9.94. The summed E-state index contributed by atoms with van der Waals surface area (Å²) in [5.74, 6) is 0.213. The van der Waals surface area contributed by atoms with Crippen molar-refractivity contribution in [2.24, 2.45) is 5.14 Å². The average molecular weight is 425 g/mol. The van der Waals surface area contributed by atoms with E-state index in [4.69, 9.17) is 9.88 Å². The van der Waals surface area contributed by atoms with Crippen molar-refractivity contribution in [1.82, 2.24) is 0 Å². The molecule has 0 aromatic heterocycles. The number of anilines is 1. The van der Waals surface area contributed by atoms with Crippen LogP contribution in [0.25, 0.3) is 6.08 Å². The van der Waals surface area contributed by atoms with Crippen LogP contribution in [0.1, 0.15) is 11.1 Å². The molecule has 132 valence electrons. The largest absolute Gasteiger partial charge is 0.496 e. The van der Waals surface area contributed by atoms with Crippen LogP contribution in [0.3, 0.4) is 0 Å². The monoisotopic (exact) mass is 424 g/mol. The lowest BCUT2D eigenvalue weighted by atomic mass is 10.2. The molecule has 0 bridgehead atoms. The van der Waals surface area contributed by atoms with Gasteiger partial charge in [0.2, 0.25) is 15.9 Å². The van der Waals surface area contributed by atoms with Gasteiger partial charge < -0.3 is 10.1 Å². The summed E-state index contributed by atoms with van der Waals surface area (Å²) in [6.45, 7) is 1.63. The Kier molecular flexibility index (Phi) is 5.99. The normalized spacial score (nSPS) is 11.5. The first-order valence-electron chi connectivity index (χ1n) is 7.17. The van der Waals surface area contributed by atoms with Gasteiger partial charge in [-0.3, -0.25) is 4.79 Å². The van der Waals surface area contributed by atoms with Gasteiger partial charge in [0.1, 0.15) is 5.75 Å². The Bertz CT molecular complexity index is 940. The predicted molar refractivity (Wildman–Crippen MR) is 101 cm³/mol. The predicted octanol–water partition coefficient (Wildman–Crippen LogP) is 3.07. The minimum absolute atomic E-state index is 0.0251. The fraction of sp³-hybridized carbons (Fsp3) is 0.118. The molecule has 0 heterocycles. The van der Waals surface area contributed by atoms with Crippen molar-refractivity contribution >= 4 is 43.6 Å². The van der Waals surface area contributed by atoms with Gasteiger partial charge in [0.25, 0.3) is 0 Å². The van der Waals surface area contributed by atoms with Crippen molar-refractivity contribution in [3.63, 3.8) is 0 Å². The van der Waals surface area contributed by atoms with E-state index < -0.39 is 15.9 Å². The number of nitrogens with two attached hydrogens (primary N) is 1. The van der Waals surface area contributed by atoms with Gasteiger partial charge >= 0.3 is 0 Å². The number of sulfonamides is 1. The number of aryl methyl sites for hydroxylation is 1. The maximum Gasteiger partial charge on any atom is 0.248 e. The van der Waals surface area contributed by atoms with Crippen LogP contribution in [0.5, 0.6) is 5.75 Å². The molecule has 0 spiro atoms. The maximum absolute atomic E-state index is 12.1. The molecule has 0 saturated carbocycles. The van der Waals surface area contributed by atoms with Crippen LogP contribution < -0.4 is 15.2 Å². The minimum Gasteiger partial charge on any atom is -0.496 e. The number of ether oxygens (including phenoxy) is 1. The van der Waals surface area contributed by atoms with Gasteiger partial charge in [-0.05, 0) is 48.9 Å². The standard InChI is InChI=1S/C17H17BrN2O4S/c1-11-3-6-14(10-16(11)25(19,22)23)20-17(21)8-4-12-9-13(18)5-7-15(12)24-2/h3-10H,1-2H3,(H,20,21)(H2,19,22,23)/b8-4+. The summed E-state index contributed by atoms with van der Waals surface area (Å²) in [4.78, 5) is 12.1. The molecule has 2 rings (SSSR count). The number of primary sulfonamides is 1. The Morgan fingerprint density at radius 2 is 1.96 bits per heavy atom. The molecule has 0 saturated heterocycles. The molecular formula is C17H17BrN2O4S. The smallest absolute Gasteiger partial charge is 0.248 e. The molecule has 0 aliphatic rings. The lowest BCUT2D eigenvalue weighted by Crippen LogP contribution is -2.15. The summed E-state index contributed by atoms with van der Waals surface area (Å²) >= 11 is 3.36. The highest BCUT2D eigenvalue weighted by atomic mass is 79.9. The summed E-state index contributed by atoms with van der Waals surface area (Å²) in [5, 5.41) is 7.77. The number of carbonyl (C=O) groups is 1. The molecule has 0 radical (unpaired) electrons. The molecule has 25 heavy (non-hydrogen) atoms. The summed E-state index contributed by atoms with van der Waals surface area (Å²) in [5.41, 5.74) is 1.57. The zero-order valence-electron chi connectivity index (χ0n) is 13.6. The van der Waals surface area contributed by atoms with Crippen LogP contribution in [-0.4, -0.2) is 21.4 Å². The van der Waals surface area contributed by atoms with Gasteiger partial charge in [-0.2, -0.15) is 0 Å². The Balaban J connectivity index is 2.20. The second kappa shape index (κ2) is 7.81. The number of hydrogen-bond acceptors (Lipinski definition) is 4. The van der Waals surface area contributed by atoms with Crippen LogP contribution in [0.15, 0.2) is 51.8 Å². The molecule has 0 fully saturated rings. The van der Waals surface area contributed by atoms with Crippen molar-refractivity contribution in [2.75, 3.05) is 12.4 Å². The Hall–Kier alpha value is -2.16. The van der Waals surface area contributed by atoms with E-state index in [9.17, 15) is 13.2 Å². The Morgan fingerprint density at radius 3 is 2.60 bits per heavy atom. The second-order valence-corrected chi connectivity index (χ2v) is 7.68. The first-order chi connectivity index (χ1) is 11.7. The number of rotatable bonds is 5. The molecule has 0 unspecified atom stereocenters. The molecule has 2 aromatic rings. The third kappa shape index (κ3) is 5.15. The van der Waals surface area contributed by atoms with E-state index in [1.807, 2.05) is 12.1 Å². The third-order valence-electron chi connectivity index (χ3n) is 3.37. The topological polar surface area (TPSA) is 98.5 Å². The maximum atomic E-state index is 12.1. The van der Waals surface area contributed by atoms with E-state index >= 15 is 0 Å².